The molecule has 1 atom stereocenters. The summed E-state index contributed by atoms with van der Waals surface area (Å²) in [5.41, 5.74) is 2.32. The van der Waals surface area contributed by atoms with Gasteiger partial charge in [-0.05, 0) is 23.8 Å². The molecule has 2 aromatic carbocycles. The van der Waals surface area contributed by atoms with Gasteiger partial charge in [0.05, 0.1) is 6.10 Å². The number of carbonyl (C=O) groups excluding carboxylic acids is 2. The lowest BCUT2D eigenvalue weighted by Crippen LogP contribution is -2.41. The van der Waals surface area contributed by atoms with Crippen LogP contribution in [0.25, 0.3) is 10.9 Å². The number of aromatic nitrogens is 1. The summed E-state index contributed by atoms with van der Waals surface area (Å²) < 4.78 is 14.7. The first-order valence-corrected chi connectivity index (χ1v) is 8.48. The summed E-state index contributed by atoms with van der Waals surface area (Å²) in [7, 11) is 1.88. The zero-order chi connectivity index (χ0) is 19.4. The molecule has 7 heteroatoms. The van der Waals surface area contributed by atoms with Gasteiger partial charge in [0, 0.05) is 42.8 Å². The van der Waals surface area contributed by atoms with Crippen molar-refractivity contribution in [3.05, 3.63) is 71.7 Å². The molecule has 3 rings (SSSR count). The zero-order valence-electron chi connectivity index (χ0n) is 14.8. The minimum absolute atomic E-state index is 0.0865. The molecule has 3 N–H and O–H groups in total. The Morgan fingerprint density at radius 2 is 1.74 bits per heavy atom. The van der Waals surface area contributed by atoms with Crippen molar-refractivity contribution in [2.24, 2.45) is 7.05 Å². The van der Waals surface area contributed by atoms with Crippen LogP contribution >= 0.6 is 0 Å². The Bertz CT molecular complexity index is 966. The van der Waals surface area contributed by atoms with Crippen LogP contribution in [0.4, 0.5) is 4.39 Å². The molecular weight excluding hydrogens is 349 g/mol. The quantitative estimate of drug-likeness (QED) is 0.600. The van der Waals surface area contributed by atoms with Crippen LogP contribution in [0.15, 0.2) is 54.7 Å². The predicted molar refractivity (Wildman–Crippen MR) is 99.1 cm³/mol. The fourth-order valence-electron chi connectivity index (χ4n) is 2.88. The molecule has 6 nitrogen and oxygen atoms in total. The monoisotopic (exact) mass is 369 g/mol. The maximum absolute atomic E-state index is 12.9. The average molecular weight is 369 g/mol. The Hall–Kier alpha value is -3.19. The fourth-order valence-corrected chi connectivity index (χ4v) is 2.88. The van der Waals surface area contributed by atoms with E-state index >= 15 is 0 Å². The molecule has 0 aliphatic carbocycles. The van der Waals surface area contributed by atoms with Crippen molar-refractivity contribution in [2.45, 2.75) is 12.6 Å². The molecule has 27 heavy (non-hydrogen) atoms. The molecule has 0 saturated heterocycles. The van der Waals surface area contributed by atoms with Gasteiger partial charge < -0.3 is 20.3 Å². The summed E-state index contributed by atoms with van der Waals surface area (Å²) >= 11 is 0. The SMILES string of the molecule is Cn1cc(C(O)CNC(=O)C(=O)NCc2ccc(F)cc2)c2ccccc21. The highest BCUT2D eigenvalue weighted by Gasteiger charge is 2.18. The second-order valence-corrected chi connectivity index (χ2v) is 6.25. The highest BCUT2D eigenvalue weighted by Crippen LogP contribution is 2.25. The van der Waals surface area contributed by atoms with Crippen LogP contribution < -0.4 is 10.6 Å². The van der Waals surface area contributed by atoms with E-state index in [1.165, 1.54) is 24.3 Å². The van der Waals surface area contributed by atoms with Crippen molar-refractivity contribution in [1.82, 2.24) is 15.2 Å². The van der Waals surface area contributed by atoms with Gasteiger partial charge in [-0.1, -0.05) is 30.3 Å². The molecule has 2 amide bonds. The van der Waals surface area contributed by atoms with Gasteiger partial charge in [-0.25, -0.2) is 4.39 Å². The number of aliphatic hydroxyl groups is 1. The summed E-state index contributed by atoms with van der Waals surface area (Å²) in [4.78, 5) is 23.8. The minimum atomic E-state index is -0.940. The molecule has 3 aromatic rings. The highest BCUT2D eigenvalue weighted by molar-refractivity contribution is 6.35. The molecule has 1 aromatic heterocycles. The standard InChI is InChI=1S/C20H20FN3O3/c1-24-12-16(15-4-2-3-5-17(15)24)18(25)11-23-20(27)19(26)22-10-13-6-8-14(21)9-7-13/h2-9,12,18,25H,10-11H2,1H3,(H,22,26)(H,23,27). The number of nitrogens with one attached hydrogen (secondary N) is 2. The molecule has 0 spiro atoms. The number of hydrogen-bond acceptors (Lipinski definition) is 3. The number of benzene rings is 2. The van der Waals surface area contributed by atoms with Gasteiger partial charge in [0.25, 0.3) is 0 Å². The fraction of sp³-hybridized carbons (Fsp3) is 0.200. The molecule has 0 fully saturated rings. The number of hydrogen-bond donors (Lipinski definition) is 3. The third-order valence-electron chi connectivity index (χ3n) is 4.32. The van der Waals surface area contributed by atoms with Crippen LogP contribution in [0.2, 0.25) is 0 Å². The number of para-hydroxylation sites is 1. The maximum Gasteiger partial charge on any atom is 0.309 e. The normalized spacial score (nSPS) is 12.0. The number of amides is 2. The lowest BCUT2D eigenvalue weighted by atomic mass is 10.1. The van der Waals surface area contributed by atoms with E-state index in [0.717, 1.165) is 10.9 Å². The van der Waals surface area contributed by atoms with Crippen molar-refractivity contribution < 1.29 is 19.1 Å². The number of aliphatic hydroxyl groups excluding tert-OH is 1. The van der Waals surface area contributed by atoms with E-state index in [-0.39, 0.29) is 18.9 Å². The lowest BCUT2D eigenvalue weighted by molar-refractivity contribution is -0.139. The molecule has 0 bridgehead atoms. The van der Waals surface area contributed by atoms with E-state index in [2.05, 4.69) is 10.6 Å². The second-order valence-electron chi connectivity index (χ2n) is 6.25. The Labute approximate surface area is 155 Å². The van der Waals surface area contributed by atoms with Crippen molar-refractivity contribution in [3.8, 4) is 0 Å². The van der Waals surface area contributed by atoms with Crippen LogP contribution in [0.3, 0.4) is 0 Å². The van der Waals surface area contributed by atoms with Crippen LogP contribution in [-0.4, -0.2) is 28.0 Å². The van der Waals surface area contributed by atoms with Gasteiger partial charge in [-0.3, -0.25) is 9.59 Å². The average Bonchev–Trinajstić information content (AvgIpc) is 3.02. The first-order chi connectivity index (χ1) is 13.0. The van der Waals surface area contributed by atoms with E-state index in [1.807, 2.05) is 35.9 Å². The van der Waals surface area contributed by atoms with Gasteiger partial charge in [-0.2, -0.15) is 0 Å². The van der Waals surface area contributed by atoms with E-state index in [0.29, 0.717) is 11.1 Å². The molecule has 140 valence electrons. The summed E-state index contributed by atoms with van der Waals surface area (Å²) in [6.07, 6.45) is 0.862. The van der Waals surface area contributed by atoms with E-state index in [9.17, 15) is 19.1 Å². The maximum atomic E-state index is 12.9. The second kappa shape index (κ2) is 8.01. The van der Waals surface area contributed by atoms with Gasteiger partial charge >= 0.3 is 11.8 Å². The van der Waals surface area contributed by atoms with Gasteiger partial charge in [-0.15, -0.1) is 0 Å². The van der Waals surface area contributed by atoms with Gasteiger partial charge in [0.1, 0.15) is 5.82 Å². The molecule has 1 heterocycles. The third-order valence-corrected chi connectivity index (χ3v) is 4.32. The summed E-state index contributed by atoms with van der Waals surface area (Å²) in [6.45, 7) is 0.0230. The van der Waals surface area contributed by atoms with Gasteiger partial charge in [0.2, 0.25) is 0 Å². The summed E-state index contributed by atoms with van der Waals surface area (Å²) in [5.74, 6) is -2.02. The van der Waals surface area contributed by atoms with Crippen molar-refractivity contribution >= 4 is 22.7 Å². The minimum Gasteiger partial charge on any atom is -0.386 e. The number of carbonyl (C=O) groups is 2. The number of nitrogens with zero attached hydrogens (tertiary/aromatic N) is 1. The lowest BCUT2D eigenvalue weighted by Gasteiger charge is -2.11. The van der Waals surface area contributed by atoms with Crippen LogP contribution in [0.1, 0.15) is 17.2 Å². The molecule has 0 aliphatic heterocycles. The summed E-state index contributed by atoms with van der Waals surface area (Å²) in [6, 6.07) is 13.2. The first-order valence-electron chi connectivity index (χ1n) is 8.48. The Kier molecular flexibility index (Phi) is 5.52. The number of fused-ring (bicyclic) bond motifs is 1. The van der Waals surface area contributed by atoms with Crippen LogP contribution in [0, 0.1) is 5.82 Å². The molecular formula is C20H20FN3O3. The van der Waals surface area contributed by atoms with E-state index < -0.39 is 17.9 Å². The number of rotatable bonds is 5. The van der Waals surface area contributed by atoms with E-state index in [4.69, 9.17) is 0 Å². The van der Waals surface area contributed by atoms with Crippen LogP contribution in [-0.2, 0) is 23.2 Å². The van der Waals surface area contributed by atoms with Crippen LogP contribution in [0.5, 0.6) is 0 Å². The topological polar surface area (TPSA) is 83.4 Å². The van der Waals surface area contributed by atoms with Gasteiger partial charge in [0.15, 0.2) is 0 Å². The third kappa shape index (κ3) is 4.32. The Balaban J connectivity index is 1.54. The smallest absolute Gasteiger partial charge is 0.309 e. The summed E-state index contributed by atoms with van der Waals surface area (Å²) in [5, 5.41) is 16.2. The van der Waals surface area contributed by atoms with Crippen molar-refractivity contribution in [2.75, 3.05) is 6.54 Å². The molecule has 0 saturated carbocycles. The largest absolute Gasteiger partial charge is 0.386 e. The molecule has 1 unspecified atom stereocenters. The molecule has 0 radical (unpaired) electrons. The Morgan fingerprint density at radius 1 is 1.07 bits per heavy atom. The number of halogens is 1. The van der Waals surface area contributed by atoms with E-state index in [1.54, 1.807) is 6.20 Å². The molecule has 0 aliphatic rings. The van der Waals surface area contributed by atoms with Crippen molar-refractivity contribution in [3.63, 3.8) is 0 Å². The highest BCUT2D eigenvalue weighted by atomic mass is 19.1. The first kappa shape index (κ1) is 18.6. The zero-order valence-corrected chi connectivity index (χ0v) is 14.8. The predicted octanol–water partition coefficient (Wildman–Crippen LogP) is 1.78. The Morgan fingerprint density at radius 3 is 2.48 bits per heavy atom. The van der Waals surface area contributed by atoms with Crippen molar-refractivity contribution in [1.29, 1.82) is 0 Å². The number of aryl methyl sites for hydroxylation is 1.